The van der Waals surface area contributed by atoms with Crippen molar-refractivity contribution in [2.45, 2.75) is 24.7 Å². The number of hydrogen-bond donors (Lipinski definition) is 1. The summed E-state index contributed by atoms with van der Waals surface area (Å²) in [5, 5.41) is 3.49. The fourth-order valence-corrected chi connectivity index (χ4v) is 3.46. The maximum absolute atomic E-state index is 3.49. The Morgan fingerprint density at radius 1 is 1.00 bits per heavy atom. The van der Waals surface area contributed by atoms with E-state index in [9.17, 15) is 0 Å². The Kier molecular flexibility index (Phi) is 3.20. The molecule has 1 atom stereocenters. The summed E-state index contributed by atoms with van der Waals surface area (Å²) < 4.78 is 0. The number of rotatable bonds is 2. The molecule has 86 valence electrons. The van der Waals surface area contributed by atoms with Crippen molar-refractivity contribution in [3.8, 4) is 0 Å². The van der Waals surface area contributed by atoms with E-state index in [-0.39, 0.29) is 0 Å². The lowest BCUT2D eigenvalue weighted by Gasteiger charge is -2.27. The SMILES string of the molecule is c1cc(C2CSC2)ccc1C1CCCNC1. The van der Waals surface area contributed by atoms with Crippen molar-refractivity contribution in [1.29, 1.82) is 0 Å². The average molecular weight is 233 g/mol. The summed E-state index contributed by atoms with van der Waals surface area (Å²) in [5.41, 5.74) is 3.08. The van der Waals surface area contributed by atoms with Crippen LogP contribution in [0.15, 0.2) is 24.3 Å². The summed E-state index contributed by atoms with van der Waals surface area (Å²) in [5.74, 6) is 4.23. The molecular weight excluding hydrogens is 214 g/mol. The van der Waals surface area contributed by atoms with Crippen LogP contribution in [0, 0.1) is 0 Å². The fraction of sp³-hybridized carbons (Fsp3) is 0.571. The summed E-state index contributed by atoms with van der Waals surface area (Å²) in [6.07, 6.45) is 2.68. The molecule has 16 heavy (non-hydrogen) atoms. The van der Waals surface area contributed by atoms with Crippen LogP contribution < -0.4 is 5.32 Å². The van der Waals surface area contributed by atoms with Gasteiger partial charge in [0.05, 0.1) is 0 Å². The Labute approximate surface area is 102 Å². The molecule has 2 aliphatic rings. The van der Waals surface area contributed by atoms with Gasteiger partial charge < -0.3 is 5.32 Å². The van der Waals surface area contributed by atoms with Gasteiger partial charge >= 0.3 is 0 Å². The van der Waals surface area contributed by atoms with Crippen molar-refractivity contribution in [3.05, 3.63) is 35.4 Å². The molecule has 0 radical (unpaired) electrons. The largest absolute Gasteiger partial charge is 0.316 e. The van der Waals surface area contributed by atoms with E-state index in [1.807, 2.05) is 0 Å². The van der Waals surface area contributed by atoms with Gasteiger partial charge in [0.25, 0.3) is 0 Å². The van der Waals surface area contributed by atoms with Crippen LogP contribution in [0.4, 0.5) is 0 Å². The highest BCUT2D eigenvalue weighted by Crippen LogP contribution is 2.34. The first kappa shape index (κ1) is 10.7. The van der Waals surface area contributed by atoms with E-state index in [0.717, 1.165) is 11.8 Å². The van der Waals surface area contributed by atoms with Crippen molar-refractivity contribution in [2.75, 3.05) is 24.6 Å². The van der Waals surface area contributed by atoms with Crippen LogP contribution in [0.5, 0.6) is 0 Å². The van der Waals surface area contributed by atoms with Gasteiger partial charge in [-0.3, -0.25) is 0 Å². The Morgan fingerprint density at radius 2 is 1.69 bits per heavy atom. The van der Waals surface area contributed by atoms with E-state index in [0.29, 0.717) is 0 Å². The molecule has 1 N–H and O–H groups in total. The highest BCUT2D eigenvalue weighted by atomic mass is 32.2. The molecule has 1 nitrogen and oxygen atoms in total. The molecule has 3 rings (SSSR count). The number of nitrogens with one attached hydrogen (secondary N) is 1. The zero-order valence-corrected chi connectivity index (χ0v) is 10.4. The predicted molar refractivity (Wildman–Crippen MR) is 71.4 cm³/mol. The molecule has 2 fully saturated rings. The van der Waals surface area contributed by atoms with Crippen LogP contribution in [0.25, 0.3) is 0 Å². The second-order valence-electron chi connectivity index (χ2n) is 4.94. The van der Waals surface area contributed by atoms with Crippen molar-refractivity contribution in [3.63, 3.8) is 0 Å². The van der Waals surface area contributed by atoms with Crippen LogP contribution in [0.3, 0.4) is 0 Å². The minimum atomic E-state index is 0.749. The van der Waals surface area contributed by atoms with Gasteiger partial charge in [-0.15, -0.1) is 0 Å². The zero-order chi connectivity index (χ0) is 10.8. The van der Waals surface area contributed by atoms with Crippen molar-refractivity contribution < 1.29 is 0 Å². The average Bonchev–Trinajstić information content (AvgIpc) is 2.29. The van der Waals surface area contributed by atoms with Gasteiger partial charge in [-0.05, 0) is 36.4 Å². The molecule has 0 saturated carbocycles. The third-order valence-electron chi connectivity index (χ3n) is 3.81. The maximum atomic E-state index is 3.49. The normalized spacial score (nSPS) is 26.4. The van der Waals surface area contributed by atoms with Crippen LogP contribution in [0.2, 0.25) is 0 Å². The van der Waals surface area contributed by atoms with Crippen molar-refractivity contribution in [2.24, 2.45) is 0 Å². The Hall–Kier alpha value is -0.470. The molecule has 2 heteroatoms. The quantitative estimate of drug-likeness (QED) is 0.843. The first-order valence-corrected chi connectivity index (χ1v) is 7.47. The van der Waals surface area contributed by atoms with Crippen LogP contribution in [-0.2, 0) is 0 Å². The molecule has 1 aromatic carbocycles. The highest BCUT2D eigenvalue weighted by Gasteiger charge is 2.20. The van der Waals surface area contributed by atoms with Crippen LogP contribution in [0.1, 0.15) is 35.8 Å². The summed E-state index contributed by atoms with van der Waals surface area (Å²) in [7, 11) is 0. The molecule has 2 aliphatic heterocycles. The van der Waals surface area contributed by atoms with Gasteiger partial charge in [0.2, 0.25) is 0 Å². The minimum absolute atomic E-state index is 0.749. The monoisotopic (exact) mass is 233 g/mol. The number of hydrogen-bond acceptors (Lipinski definition) is 2. The van der Waals surface area contributed by atoms with Gasteiger partial charge in [-0.25, -0.2) is 0 Å². The van der Waals surface area contributed by atoms with Gasteiger partial charge in [-0.2, -0.15) is 11.8 Å². The molecule has 1 aromatic rings. The topological polar surface area (TPSA) is 12.0 Å². The first-order valence-electron chi connectivity index (χ1n) is 6.32. The molecule has 1 unspecified atom stereocenters. The molecule has 0 amide bonds. The minimum Gasteiger partial charge on any atom is -0.316 e. The molecular formula is C14H19NS. The zero-order valence-electron chi connectivity index (χ0n) is 9.61. The fourth-order valence-electron chi connectivity index (χ4n) is 2.60. The summed E-state index contributed by atoms with van der Waals surface area (Å²) >= 11 is 2.06. The molecule has 2 saturated heterocycles. The van der Waals surface area contributed by atoms with Crippen molar-refractivity contribution in [1.82, 2.24) is 5.32 Å². The predicted octanol–water partition coefficient (Wildman–Crippen LogP) is 2.98. The van der Waals surface area contributed by atoms with E-state index in [2.05, 4.69) is 41.3 Å². The second kappa shape index (κ2) is 4.80. The highest BCUT2D eigenvalue weighted by molar-refractivity contribution is 8.00. The summed E-state index contributed by atoms with van der Waals surface area (Å²) in [6, 6.07) is 9.43. The Bertz CT molecular complexity index is 336. The smallest absolute Gasteiger partial charge is 0.00201 e. The Morgan fingerprint density at radius 3 is 2.19 bits per heavy atom. The van der Waals surface area contributed by atoms with E-state index in [4.69, 9.17) is 0 Å². The molecule has 0 aliphatic carbocycles. The van der Waals surface area contributed by atoms with Crippen LogP contribution in [-0.4, -0.2) is 24.6 Å². The van der Waals surface area contributed by atoms with Gasteiger partial charge in [0, 0.05) is 24.0 Å². The maximum Gasteiger partial charge on any atom is 0.00201 e. The number of benzene rings is 1. The Balaban J connectivity index is 1.70. The first-order chi connectivity index (χ1) is 7.93. The third-order valence-corrected chi connectivity index (χ3v) is 5.09. The number of thioether (sulfide) groups is 1. The summed E-state index contributed by atoms with van der Waals surface area (Å²) in [4.78, 5) is 0. The lowest BCUT2D eigenvalue weighted by Crippen LogP contribution is -2.28. The second-order valence-corrected chi connectivity index (χ2v) is 6.02. The molecule has 2 heterocycles. The molecule has 0 bridgehead atoms. The van der Waals surface area contributed by atoms with Crippen molar-refractivity contribution >= 4 is 11.8 Å². The van der Waals surface area contributed by atoms with Gasteiger partial charge in [0.15, 0.2) is 0 Å². The summed E-state index contributed by atoms with van der Waals surface area (Å²) in [6.45, 7) is 2.37. The van der Waals surface area contributed by atoms with E-state index in [1.165, 1.54) is 43.0 Å². The molecule has 0 aromatic heterocycles. The van der Waals surface area contributed by atoms with Gasteiger partial charge in [0.1, 0.15) is 0 Å². The van der Waals surface area contributed by atoms with E-state index < -0.39 is 0 Å². The standard InChI is InChI=1S/C14H19NS/c1-2-13(8-15-7-1)11-3-5-12(6-4-11)14-9-16-10-14/h3-6,13-15H,1-2,7-10H2. The van der Waals surface area contributed by atoms with Gasteiger partial charge in [-0.1, -0.05) is 24.3 Å². The lowest BCUT2D eigenvalue weighted by atomic mass is 9.90. The van der Waals surface area contributed by atoms with E-state index >= 15 is 0 Å². The van der Waals surface area contributed by atoms with Crippen LogP contribution >= 0.6 is 11.8 Å². The van der Waals surface area contributed by atoms with E-state index in [1.54, 1.807) is 5.56 Å². The number of piperidine rings is 1. The molecule has 0 spiro atoms. The lowest BCUT2D eigenvalue weighted by molar-refractivity contribution is 0.461. The third kappa shape index (κ3) is 2.14.